The van der Waals surface area contributed by atoms with Crippen LogP contribution in [0, 0.1) is 0 Å². The number of hydrogen-bond donors (Lipinski definition) is 1. The van der Waals surface area contributed by atoms with Gasteiger partial charge >= 0.3 is 0 Å². The van der Waals surface area contributed by atoms with Crippen LogP contribution in [0.3, 0.4) is 0 Å². The van der Waals surface area contributed by atoms with Gasteiger partial charge in [-0.15, -0.1) is 0 Å². The van der Waals surface area contributed by atoms with Crippen LogP contribution in [0.5, 0.6) is 0 Å². The van der Waals surface area contributed by atoms with E-state index in [9.17, 15) is 13.5 Å². The third kappa shape index (κ3) is 3.22. The van der Waals surface area contributed by atoms with E-state index in [1.807, 2.05) is 0 Å². The van der Waals surface area contributed by atoms with E-state index in [1.54, 1.807) is 12.1 Å². The zero-order valence-corrected chi connectivity index (χ0v) is 13.6. The summed E-state index contributed by atoms with van der Waals surface area (Å²) in [6, 6.07) is 3.45. The van der Waals surface area contributed by atoms with Crippen molar-refractivity contribution in [3.8, 4) is 0 Å². The monoisotopic (exact) mass is 328 g/mol. The van der Waals surface area contributed by atoms with Gasteiger partial charge in [-0.05, 0) is 44.4 Å². The Morgan fingerprint density at radius 1 is 1.14 bits per heavy atom. The summed E-state index contributed by atoms with van der Waals surface area (Å²) < 4.78 is 32.0. The summed E-state index contributed by atoms with van der Waals surface area (Å²) in [5, 5.41) is 9.49. The summed E-state index contributed by atoms with van der Waals surface area (Å²) in [4.78, 5) is 2.18. The quantitative estimate of drug-likeness (QED) is 0.885. The van der Waals surface area contributed by atoms with Crippen LogP contribution in [-0.4, -0.2) is 55.0 Å². The van der Waals surface area contributed by atoms with Crippen molar-refractivity contribution in [3.05, 3.63) is 17.9 Å². The highest BCUT2D eigenvalue weighted by atomic mass is 32.2. The number of sulfonamides is 1. The van der Waals surface area contributed by atoms with Crippen LogP contribution in [0.25, 0.3) is 0 Å². The van der Waals surface area contributed by atoms with Crippen molar-refractivity contribution in [3.63, 3.8) is 0 Å². The molecule has 2 saturated heterocycles. The molecule has 6 nitrogen and oxygen atoms in total. The Balaban J connectivity index is 1.70. The molecule has 2 aliphatic heterocycles. The molecule has 0 amide bonds. The maximum absolute atomic E-state index is 12.4. The minimum atomic E-state index is -3.48. The molecule has 0 unspecified atom stereocenters. The van der Waals surface area contributed by atoms with E-state index < -0.39 is 10.0 Å². The number of aliphatic hydroxyl groups excluding tert-OH is 1. The number of likely N-dealkylation sites (tertiary alicyclic amines) is 1. The van der Waals surface area contributed by atoms with E-state index >= 15 is 0 Å². The first-order valence-electron chi connectivity index (χ1n) is 8.05. The molecule has 1 atom stereocenters. The number of hydrogen-bond acceptors (Lipinski definition) is 5. The van der Waals surface area contributed by atoms with Crippen molar-refractivity contribution >= 4 is 10.0 Å². The smallest absolute Gasteiger partial charge is 0.276 e. The molecule has 3 heterocycles. The Hall–Kier alpha value is -0.890. The number of nitrogens with zero attached hydrogens (tertiary/aromatic N) is 2. The highest BCUT2D eigenvalue weighted by molar-refractivity contribution is 7.89. The van der Waals surface area contributed by atoms with Gasteiger partial charge in [-0.3, -0.25) is 4.90 Å². The summed E-state index contributed by atoms with van der Waals surface area (Å²) in [6.07, 6.45) is 5.05. The summed E-state index contributed by atoms with van der Waals surface area (Å²) in [5.41, 5.74) is 0. The third-order valence-corrected chi connectivity index (χ3v) is 6.39. The van der Waals surface area contributed by atoms with E-state index in [-0.39, 0.29) is 17.7 Å². The molecule has 7 heteroatoms. The second-order valence-electron chi connectivity index (χ2n) is 6.13. The maximum Gasteiger partial charge on any atom is 0.276 e. The Labute approximate surface area is 131 Å². The van der Waals surface area contributed by atoms with Gasteiger partial charge in [-0.2, -0.15) is 4.31 Å². The standard InChI is InChI=1S/C15H24N2O4S/c18-12-13-5-1-2-8-16(13)11-14-6-7-15(21-14)22(19,20)17-9-3-4-10-17/h6-7,13,18H,1-5,8-12H2/t13-/m0/s1. The molecule has 1 aromatic rings. The first-order valence-corrected chi connectivity index (χ1v) is 9.49. The van der Waals surface area contributed by atoms with E-state index in [0.717, 1.165) is 38.6 Å². The fourth-order valence-electron chi connectivity index (χ4n) is 3.31. The Morgan fingerprint density at radius 2 is 1.86 bits per heavy atom. The average molecular weight is 328 g/mol. The summed E-state index contributed by atoms with van der Waals surface area (Å²) >= 11 is 0. The van der Waals surface area contributed by atoms with E-state index in [0.29, 0.717) is 25.4 Å². The first kappa shape index (κ1) is 16.0. The van der Waals surface area contributed by atoms with Gasteiger partial charge in [-0.25, -0.2) is 8.42 Å². The van der Waals surface area contributed by atoms with Gasteiger partial charge in [0.1, 0.15) is 5.76 Å². The minimum Gasteiger partial charge on any atom is -0.447 e. The summed E-state index contributed by atoms with van der Waals surface area (Å²) in [7, 11) is -3.48. The Morgan fingerprint density at radius 3 is 2.59 bits per heavy atom. The second kappa shape index (κ2) is 6.70. The molecule has 0 spiro atoms. The predicted octanol–water partition coefficient (Wildman–Crippen LogP) is 1.41. The largest absolute Gasteiger partial charge is 0.447 e. The van der Waals surface area contributed by atoms with E-state index in [4.69, 9.17) is 4.42 Å². The van der Waals surface area contributed by atoms with Crippen LogP contribution in [0.2, 0.25) is 0 Å². The number of rotatable bonds is 5. The van der Waals surface area contributed by atoms with E-state index in [1.165, 1.54) is 4.31 Å². The maximum atomic E-state index is 12.4. The van der Waals surface area contributed by atoms with Gasteiger partial charge in [0, 0.05) is 19.1 Å². The van der Waals surface area contributed by atoms with Gasteiger partial charge in [-0.1, -0.05) is 6.42 Å². The molecule has 3 rings (SSSR count). The lowest BCUT2D eigenvalue weighted by atomic mass is 10.0. The lowest BCUT2D eigenvalue weighted by Gasteiger charge is -2.33. The molecule has 1 aromatic heterocycles. The first-order chi connectivity index (χ1) is 10.6. The normalized spacial score (nSPS) is 24.9. The topological polar surface area (TPSA) is 74.0 Å². The van der Waals surface area contributed by atoms with Crippen LogP contribution in [-0.2, 0) is 16.6 Å². The van der Waals surface area contributed by atoms with E-state index in [2.05, 4.69) is 4.90 Å². The molecule has 1 N–H and O–H groups in total. The predicted molar refractivity (Wildman–Crippen MR) is 81.8 cm³/mol. The average Bonchev–Trinajstić information content (AvgIpc) is 3.20. The third-order valence-electron chi connectivity index (χ3n) is 4.61. The zero-order valence-electron chi connectivity index (χ0n) is 12.8. The molecule has 0 radical (unpaired) electrons. The molecule has 2 aliphatic rings. The molecule has 0 saturated carbocycles. The molecular weight excluding hydrogens is 304 g/mol. The van der Waals surface area contributed by atoms with Gasteiger partial charge in [0.05, 0.1) is 13.2 Å². The van der Waals surface area contributed by atoms with Gasteiger partial charge in [0.15, 0.2) is 0 Å². The van der Waals surface area contributed by atoms with Crippen molar-refractivity contribution in [2.24, 2.45) is 0 Å². The van der Waals surface area contributed by atoms with Gasteiger partial charge in [0.25, 0.3) is 10.0 Å². The summed E-state index contributed by atoms with van der Waals surface area (Å²) in [6.45, 7) is 2.77. The zero-order chi connectivity index (χ0) is 15.6. The van der Waals surface area contributed by atoms with Gasteiger partial charge in [0.2, 0.25) is 5.09 Å². The molecule has 0 bridgehead atoms. The Bertz CT molecular complexity index is 592. The number of aliphatic hydroxyl groups is 1. The Kier molecular flexibility index (Phi) is 4.87. The molecular formula is C15H24N2O4S. The molecule has 22 heavy (non-hydrogen) atoms. The highest BCUT2D eigenvalue weighted by Gasteiger charge is 2.30. The molecule has 0 aromatic carbocycles. The van der Waals surface area contributed by atoms with Crippen molar-refractivity contribution in [1.29, 1.82) is 0 Å². The van der Waals surface area contributed by atoms with Crippen molar-refractivity contribution in [2.45, 2.75) is 49.8 Å². The van der Waals surface area contributed by atoms with Crippen molar-refractivity contribution < 1.29 is 17.9 Å². The second-order valence-corrected chi connectivity index (χ2v) is 8.00. The van der Waals surface area contributed by atoms with Crippen LogP contribution < -0.4 is 0 Å². The number of piperidine rings is 1. The van der Waals surface area contributed by atoms with Crippen LogP contribution in [0.1, 0.15) is 37.9 Å². The summed E-state index contributed by atoms with van der Waals surface area (Å²) in [5.74, 6) is 0.651. The van der Waals surface area contributed by atoms with Crippen LogP contribution >= 0.6 is 0 Å². The minimum absolute atomic E-state index is 0.0435. The molecule has 124 valence electrons. The highest BCUT2D eigenvalue weighted by Crippen LogP contribution is 2.25. The fourth-order valence-corrected chi connectivity index (χ4v) is 4.76. The fraction of sp³-hybridized carbons (Fsp3) is 0.733. The lowest BCUT2D eigenvalue weighted by Crippen LogP contribution is -2.41. The van der Waals surface area contributed by atoms with Crippen molar-refractivity contribution in [1.82, 2.24) is 9.21 Å². The SMILES string of the molecule is O=S(=O)(c1ccc(CN2CCCC[C@H]2CO)o1)N1CCCC1. The molecule has 0 aliphatic carbocycles. The molecule has 2 fully saturated rings. The number of furan rings is 1. The van der Waals surface area contributed by atoms with Crippen molar-refractivity contribution in [2.75, 3.05) is 26.2 Å². The van der Waals surface area contributed by atoms with Crippen LogP contribution in [0.4, 0.5) is 0 Å². The van der Waals surface area contributed by atoms with Crippen LogP contribution in [0.15, 0.2) is 21.6 Å². The lowest BCUT2D eigenvalue weighted by molar-refractivity contribution is 0.0771. The van der Waals surface area contributed by atoms with Gasteiger partial charge < -0.3 is 9.52 Å².